The van der Waals surface area contributed by atoms with Crippen LogP contribution in [0, 0.1) is 0 Å². The minimum atomic E-state index is 0.402. The average Bonchev–Trinajstić information content (AvgIpc) is 2.83. The van der Waals surface area contributed by atoms with Crippen LogP contribution in [0.3, 0.4) is 0 Å². The van der Waals surface area contributed by atoms with E-state index in [-0.39, 0.29) is 0 Å². The number of amidine groups is 2. The fraction of sp³-hybridized carbons (Fsp3) is 0.533. The Bertz CT molecular complexity index is 955. The molecule has 0 atom stereocenters. The van der Waals surface area contributed by atoms with Crippen molar-refractivity contribution in [2.24, 2.45) is 9.98 Å². The Morgan fingerprint density at radius 1 is 0.595 bits per heavy atom. The summed E-state index contributed by atoms with van der Waals surface area (Å²) in [7, 11) is 13.7. The van der Waals surface area contributed by atoms with Gasteiger partial charge in [0.1, 0.15) is 0 Å². The molecule has 0 bridgehead atoms. The van der Waals surface area contributed by atoms with Crippen molar-refractivity contribution in [3.05, 3.63) is 58.7 Å². The van der Waals surface area contributed by atoms with E-state index in [4.69, 9.17) is 30.4 Å². The van der Waals surface area contributed by atoms with E-state index in [1.54, 1.807) is 0 Å². The molecule has 0 aliphatic carbocycles. The summed E-state index contributed by atoms with van der Waals surface area (Å²) in [5, 5.41) is 0. The second kappa shape index (κ2) is 14.6. The Balaban J connectivity index is 0.00000153. The zero-order chi connectivity index (χ0) is 27.9. The average molecular weight is 590 g/mol. The predicted octanol–water partition coefficient (Wildman–Crippen LogP) is 9.19. The molecule has 7 heteroatoms. The number of likely N-dealkylation sites (N-methyl/N-ethyl adjacent to an activating group) is 2. The molecule has 3 rings (SSSR count). The minimum absolute atomic E-state index is 0.402. The molecule has 1 fully saturated rings. The summed E-state index contributed by atoms with van der Waals surface area (Å²) < 4.78 is 0. The van der Waals surface area contributed by atoms with Crippen LogP contribution in [0.15, 0.2) is 46.4 Å². The zero-order valence-corrected chi connectivity index (χ0v) is 26.5. The Morgan fingerprint density at radius 2 is 0.838 bits per heavy atom. The molecule has 0 aromatic heterocycles. The molecular formula is C30H44Cl2N4Ni. The van der Waals surface area contributed by atoms with Crippen LogP contribution in [-0.2, 0) is 12.7 Å². The van der Waals surface area contributed by atoms with E-state index in [1.165, 1.54) is 22.3 Å². The molecule has 0 amide bonds. The number of para-hydroxylation sites is 2. The molecule has 0 N–H and O–H groups in total. The summed E-state index contributed by atoms with van der Waals surface area (Å²) in [5.74, 6) is 3.52. The Hall–Kier alpha value is -1.55. The molecule has 2 aromatic rings. The Morgan fingerprint density at radius 3 is 1.05 bits per heavy atom. The zero-order valence-electron chi connectivity index (χ0n) is 24.0. The van der Waals surface area contributed by atoms with E-state index in [0.29, 0.717) is 36.3 Å². The second-order valence-electron chi connectivity index (χ2n) is 10.9. The maximum absolute atomic E-state index is 5.39. The van der Waals surface area contributed by atoms with Gasteiger partial charge in [-0.25, -0.2) is 9.98 Å². The van der Waals surface area contributed by atoms with E-state index in [0.717, 1.165) is 36.1 Å². The molecule has 1 heterocycles. The van der Waals surface area contributed by atoms with Gasteiger partial charge < -0.3 is 9.80 Å². The van der Waals surface area contributed by atoms with E-state index < -0.39 is 0 Å². The van der Waals surface area contributed by atoms with Gasteiger partial charge in [-0.15, -0.1) is 0 Å². The molecule has 0 unspecified atom stereocenters. The van der Waals surface area contributed by atoms with E-state index in [1.807, 2.05) is 0 Å². The van der Waals surface area contributed by atoms with E-state index in [2.05, 4.69) is 116 Å². The van der Waals surface area contributed by atoms with Crippen molar-refractivity contribution in [1.82, 2.24) is 9.80 Å². The van der Waals surface area contributed by atoms with Crippen molar-refractivity contribution < 1.29 is 12.7 Å². The summed E-state index contributed by atoms with van der Waals surface area (Å²) >= 11 is 0.569. The van der Waals surface area contributed by atoms with Crippen molar-refractivity contribution in [2.45, 2.75) is 79.1 Å². The van der Waals surface area contributed by atoms with Gasteiger partial charge in [-0.2, -0.15) is 0 Å². The maximum atomic E-state index is 5.39. The van der Waals surface area contributed by atoms with Crippen LogP contribution < -0.4 is 0 Å². The van der Waals surface area contributed by atoms with E-state index >= 15 is 0 Å². The number of rotatable bonds is 6. The first-order valence-electron chi connectivity index (χ1n) is 13.1. The topological polar surface area (TPSA) is 31.2 Å². The van der Waals surface area contributed by atoms with Crippen molar-refractivity contribution in [3.8, 4) is 0 Å². The number of halogens is 2. The first-order valence-corrected chi connectivity index (χ1v) is 15.8. The Labute approximate surface area is 239 Å². The summed E-state index contributed by atoms with van der Waals surface area (Å²) in [4.78, 5) is 15.3. The van der Waals surface area contributed by atoms with E-state index in [9.17, 15) is 0 Å². The van der Waals surface area contributed by atoms with Gasteiger partial charge >= 0.3 is 33.0 Å². The van der Waals surface area contributed by atoms with Crippen LogP contribution in [0.5, 0.6) is 0 Å². The molecule has 0 radical (unpaired) electrons. The molecular weight excluding hydrogens is 546 g/mol. The number of aliphatic imine (C=N–C) groups is 2. The van der Waals surface area contributed by atoms with Gasteiger partial charge in [0.05, 0.1) is 11.4 Å². The number of piperazine rings is 1. The van der Waals surface area contributed by atoms with Crippen molar-refractivity contribution >= 4 is 43.4 Å². The number of nitrogens with zero attached hydrogens (tertiary/aromatic N) is 4. The Kier molecular flexibility index (Phi) is 12.5. The molecule has 1 aliphatic rings. The molecule has 1 aliphatic heterocycles. The van der Waals surface area contributed by atoms with Gasteiger partial charge in [0.15, 0.2) is 11.7 Å². The van der Waals surface area contributed by atoms with Crippen LogP contribution in [0.4, 0.5) is 11.4 Å². The standard InChI is InChI=1S/C30H44N4.2ClH.Ni/c1-19(2)23-13-11-14-24(20(3)4)27(23)31-29-30(34(10)18-17-33(29)9)32-28-25(21(5)6)15-12-16-26(28)22(7)8;;;/h11-16,19-22H,17-18H2,1-10H3;2*1H;/q;;;+2/p-2. The van der Waals surface area contributed by atoms with Gasteiger partial charge in [0, 0.05) is 27.2 Å². The number of hydrogen-bond acceptors (Lipinski definition) is 2. The normalized spacial score (nSPS) is 16.5. The van der Waals surface area contributed by atoms with Crippen molar-refractivity contribution in [2.75, 3.05) is 27.2 Å². The van der Waals surface area contributed by atoms with Crippen LogP contribution in [0.1, 0.15) is 101 Å². The third-order valence-corrected chi connectivity index (χ3v) is 6.81. The summed E-state index contributed by atoms with van der Waals surface area (Å²) in [6.07, 6.45) is 0. The SMILES string of the molecule is CC(C)c1cccc(C(C)C)c1N=C1C(=Nc2c(C(C)C)cccc2C(C)C)N(C)CCN1C.[Cl][Ni][Cl]. The molecule has 37 heavy (non-hydrogen) atoms. The molecule has 0 spiro atoms. The van der Waals surface area contributed by atoms with Crippen molar-refractivity contribution in [3.63, 3.8) is 0 Å². The molecule has 2 aromatic carbocycles. The quantitative estimate of drug-likeness (QED) is 0.314. The molecule has 1 saturated heterocycles. The van der Waals surface area contributed by atoms with Gasteiger partial charge in [0.25, 0.3) is 0 Å². The van der Waals surface area contributed by atoms with Gasteiger partial charge in [0.2, 0.25) is 0 Å². The van der Waals surface area contributed by atoms with Crippen molar-refractivity contribution in [1.29, 1.82) is 0 Å². The molecule has 208 valence electrons. The molecule has 4 nitrogen and oxygen atoms in total. The van der Waals surface area contributed by atoms with Crippen LogP contribution in [0.25, 0.3) is 0 Å². The third kappa shape index (κ3) is 7.98. The third-order valence-electron chi connectivity index (χ3n) is 6.81. The first kappa shape index (κ1) is 31.7. The summed E-state index contributed by atoms with van der Waals surface area (Å²) in [6, 6.07) is 13.3. The first-order chi connectivity index (χ1) is 17.4. The number of benzene rings is 2. The fourth-order valence-corrected chi connectivity index (χ4v) is 4.62. The number of hydrogen-bond donors (Lipinski definition) is 0. The summed E-state index contributed by atoms with van der Waals surface area (Å²) in [5.41, 5.74) is 7.41. The van der Waals surface area contributed by atoms with Gasteiger partial charge in [-0.05, 0) is 45.9 Å². The summed E-state index contributed by atoms with van der Waals surface area (Å²) in [6.45, 7) is 19.9. The second-order valence-corrected chi connectivity index (χ2v) is 12.6. The van der Waals surface area contributed by atoms with Crippen LogP contribution >= 0.6 is 20.4 Å². The van der Waals surface area contributed by atoms with Crippen LogP contribution in [0.2, 0.25) is 0 Å². The van der Waals surface area contributed by atoms with Gasteiger partial charge in [-0.3, -0.25) is 0 Å². The van der Waals surface area contributed by atoms with Gasteiger partial charge in [-0.1, -0.05) is 91.8 Å². The van der Waals surface area contributed by atoms with Crippen LogP contribution in [-0.4, -0.2) is 48.7 Å². The fourth-order valence-electron chi connectivity index (χ4n) is 4.62. The predicted molar refractivity (Wildman–Crippen MR) is 160 cm³/mol. The monoisotopic (exact) mass is 588 g/mol. The molecule has 0 saturated carbocycles.